The molecule has 1 aromatic carbocycles. The van der Waals surface area contributed by atoms with E-state index in [4.69, 9.17) is 4.74 Å². The average Bonchev–Trinajstić information content (AvgIpc) is 2.97. The molecule has 0 amide bonds. The summed E-state index contributed by atoms with van der Waals surface area (Å²) in [6.45, 7) is 3.07. The number of aromatic nitrogens is 2. The minimum atomic E-state index is -0.469. The molecule has 5 nitrogen and oxygen atoms in total. The molecular weight excluding hydrogens is 254 g/mol. The minimum Gasteiger partial charge on any atom is -0.497 e. The van der Waals surface area contributed by atoms with Gasteiger partial charge in [0.2, 0.25) is 0 Å². The van der Waals surface area contributed by atoms with Gasteiger partial charge in [0.25, 0.3) is 0 Å². The quantitative estimate of drug-likeness (QED) is 0.806. The van der Waals surface area contributed by atoms with Crippen molar-refractivity contribution in [3.63, 3.8) is 0 Å². The Bertz CT molecular complexity index is 514. The van der Waals surface area contributed by atoms with E-state index < -0.39 is 6.10 Å². The van der Waals surface area contributed by atoms with Gasteiger partial charge in [0.15, 0.2) is 0 Å². The van der Waals surface area contributed by atoms with E-state index in [2.05, 4.69) is 17.3 Å². The second-order valence-corrected chi connectivity index (χ2v) is 4.79. The van der Waals surface area contributed by atoms with Gasteiger partial charge in [0.1, 0.15) is 5.75 Å². The molecule has 5 heteroatoms. The Labute approximate surface area is 119 Å². The summed E-state index contributed by atoms with van der Waals surface area (Å²) >= 11 is 0. The number of nitrogens with zero attached hydrogens (tertiary/aromatic N) is 2. The minimum absolute atomic E-state index is 0.150. The van der Waals surface area contributed by atoms with Crippen LogP contribution in [-0.2, 0) is 6.54 Å². The van der Waals surface area contributed by atoms with E-state index in [0.29, 0.717) is 13.1 Å². The average molecular weight is 275 g/mol. The van der Waals surface area contributed by atoms with Crippen LogP contribution in [0.15, 0.2) is 42.7 Å². The Morgan fingerprint density at radius 1 is 1.40 bits per heavy atom. The zero-order valence-electron chi connectivity index (χ0n) is 11.9. The van der Waals surface area contributed by atoms with Crippen LogP contribution in [0.2, 0.25) is 0 Å². The lowest BCUT2D eigenvalue weighted by Gasteiger charge is -2.18. The number of ether oxygens (including phenoxy) is 1. The molecule has 0 fully saturated rings. The van der Waals surface area contributed by atoms with Gasteiger partial charge in [0.05, 0.1) is 19.8 Å². The molecule has 0 saturated heterocycles. The number of rotatable bonds is 7. The Kier molecular flexibility index (Phi) is 5.15. The van der Waals surface area contributed by atoms with Crippen LogP contribution in [0.5, 0.6) is 5.75 Å². The second kappa shape index (κ2) is 7.07. The molecule has 0 aliphatic rings. The fraction of sp³-hybridized carbons (Fsp3) is 0.400. The van der Waals surface area contributed by atoms with Crippen LogP contribution < -0.4 is 10.1 Å². The van der Waals surface area contributed by atoms with E-state index in [0.717, 1.165) is 11.3 Å². The van der Waals surface area contributed by atoms with Crippen LogP contribution in [0.3, 0.4) is 0 Å². The molecule has 20 heavy (non-hydrogen) atoms. The van der Waals surface area contributed by atoms with Gasteiger partial charge in [-0.05, 0) is 30.7 Å². The van der Waals surface area contributed by atoms with Crippen molar-refractivity contribution in [1.29, 1.82) is 0 Å². The van der Waals surface area contributed by atoms with Gasteiger partial charge in [-0.1, -0.05) is 12.1 Å². The number of benzene rings is 1. The van der Waals surface area contributed by atoms with E-state index in [9.17, 15) is 5.11 Å². The second-order valence-electron chi connectivity index (χ2n) is 4.79. The molecule has 0 aliphatic carbocycles. The highest BCUT2D eigenvalue weighted by Gasteiger charge is 2.10. The van der Waals surface area contributed by atoms with Crippen molar-refractivity contribution in [3.05, 3.63) is 48.3 Å². The van der Waals surface area contributed by atoms with Crippen LogP contribution >= 0.6 is 0 Å². The first-order valence-corrected chi connectivity index (χ1v) is 6.72. The lowest BCUT2D eigenvalue weighted by atomic mass is 10.1. The molecule has 0 saturated carbocycles. The largest absolute Gasteiger partial charge is 0.497 e. The third-order valence-electron chi connectivity index (χ3n) is 3.21. The highest BCUT2D eigenvalue weighted by atomic mass is 16.5. The van der Waals surface area contributed by atoms with E-state index in [1.165, 1.54) is 0 Å². The lowest BCUT2D eigenvalue weighted by Crippen LogP contribution is -2.32. The van der Waals surface area contributed by atoms with Gasteiger partial charge in [-0.3, -0.25) is 4.68 Å². The summed E-state index contributed by atoms with van der Waals surface area (Å²) in [5.41, 5.74) is 1.13. The van der Waals surface area contributed by atoms with Gasteiger partial charge >= 0.3 is 0 Å². The summed E-state index contributed by atoms with van der Waals surface area (Å²) in [6, 6.07) is 9.92. The van der Waals surface area contributed by atoms with E-state index >= 15 is 0 Å². The fourth-order valence-electron chi connectivity index (χ4n) is 2.03. The number of nitrogens with one attached hydrogen (secondary N) is 1. The van der Waals surface area contributed by atoms with Crippen molar-refractivity contribution < 1.29 is 9.84 Å². The molecule has 2 N–H and O–H groups in total. The van der Waals surface area contributed by atoms with Gasteiger partial charge in [0, 0.05) is 25.0 Å². The van der Waals surface area contributed by atoms with Crippen LogP contribution in [-0.4, -0.2) is 34.6 Å². The van der Waals surface area contributed by atoms with Crippen molar-refractivity contribution in [2.24, 2.45) is 0 Å². The van der Waals surface area contributed by atoms with Crippen LogP contribution in [0, 0.1) is 0 Å². The third-order valence-corrected chi connectivity index (χ3v) is 3.21. The normalized spacial score (nSPS) is 13.9. The Morgan fingerprint density at radius 2 is 2.25 bits per heavy atom. The summed E-state index contributed by atoms with van der Waals surface area (Å²) in [7, 11) is 1.66. The number of hydrogen-bond acceptors (Lipinski definition) is 4. The van der Waals surface area contributed by atoms with E-state index in [1.54, 1.807) is 18.0 Å². The summed E-state index contributed by atoms with van der Waals surface area (Å²) < 4.78 is 6.94. The Hall–Kier alpha value is -1.85. The number of hydrogen-bond donors (Lipinski definition) is 2. The summed E-state index contributed by atoms with van der Waals surface area (Å²) in [5, 5.41) is 17.4. The molecule has 2 aromatic rings. The molecule has 1 heterocycles. The molecule has 2 rings (SSSR count). The van der Waals surface area contributed by atoms with Crippen LogP contribution in [0.25, 0.3) is 0 Å². The maximum atomic E-state index is 9.97. The molecule has 108 valence electrons. The molecule has 1 aromatic heterocycles. The fourth-order valence-corrected chi connectivity index (χ4v) is 2.03. The zero-order chi connectivity index (χ0) is 14.4. The molecule has 0 radical (unpaired) electrons. The first-order chi connectivity index (χ1) is 9.69. The van der Waals surface area contributed by atoms with Crippen LogP contribution in [0.1, 0.15) is 18.5 Å². The van der Waals surface area contributed by atoms with Gasteiger partial charge < -0.3 is 15.2 Å². The molecule has 0 spiro atoms. The number of aliphatic hydroxyl groups is 1. The summed E-state index contributed by atoms with van der Waals surface area (Å²) in [4.78, 5) is 0. The Balaban J connectivity index is 1.83. The lowest BCUT2D eigenvalue weighted by molar-refractivity contribution is 0.143. The first kappa shape index (κ1) is 14.6. The van der Waals surface area contributed by atoms with Gasteiger partial charge in [-0.2, -0.15) is 5.10 Å². The molecule has 0 bridgehead atoms. The highest BCUT2D eigenvalue weighted by molar-refractivity contribution is 5.30. The van der Waals surface area contributed by atoms with Crippen molar-refractivity contribution in [1.82, 2.24) is 15.1 Å². The van der Waals surface area contributed by atoms with Crippen molar-refractivity contribution >= 4 is 0 Å². The van der Waals surface area contributed by atoms with E-state index in [-0.39, 0.29) is 6.04 Å². The van der Waals surface area contributed by atoms with Crippen LogP contribution in [0.4, 0.5) is 0 Å². The smallest absolute Gasteiger partial charge is 0.119 e. The van der Waals surface area contributed by atoms with Crippen molar-refractivity contribution in [2.75, 3.05) is 13.7 Å². The molecular formula is C15H21N3O2. The zero-order valence-corrected chi connectivity index (χ0v) is 11.9. The van der Waals surface area contributed by atoms with Crippen molar-refractivity contribution in [3.8, 4) is 5.75 Å². The van der Waals surface area contributed by atoms with Crippen molar-refractivity contribution in [2.45, 2.75) is 25.6 Å². The highest BCUT2D eigenvalue weighted by Crippen LogP contribution is 2.18. The first-order valence-electron chi connectivity index (χ1n) is 6.72. The van der Waals surface area contributed by atoms with E-state index in [1.807, 2.05) is 36.5 Å². The van der Waals surface area contributed by atoms with Gasteiger partial charge in [-0.25, -0.2) is 0 Å². The molecule has 2 atom stereocenters. The maximum absolute atomic E-state index is 9.97. The maximum Gasteiger partial charge on any atom is 0.119 e. The molecule has 0 aliphatic heterocycles. The summed E-state index contributed by atoms with van der Waals surface area (Å²) in [5.74, 6) is 0.841. The van der Waals surface area contributed by atoms with Gasteiger partial charge in [-0.15, -0.1) is 0 Å². The topological polar surface area (TPSA) is 59.3 Å². The SMILES string of the molecule is COc1cccc([C@H](C)NCC(O)Cn2cccn2)c1. The third kappa shape index (κ3) is 4.08. The number of methoxy groups -OCH3 is 1. The number of aliphatic hydroxyl groups excluding tert-OH is 1. The summed E-state index contributed by atoms with van der Waals surface area (Å²) in [6.07, 6.45) is 3.08. The monoisotopic (exact) mass is 275 g/mol. The molecule has 1 unspecified atom stereocenters. The predicted molar refractivity (Wildman–Crippen MR) is 77.6 cm³/mol. The standard InChI is InChI=1S/C15H21N3O2/c1-12(13-5-3-6-15(9-13)20-2)16-10-14(19)11-18-8-4-7-17-18/h3-9,12,14,16,19H,10-11H2,1-2H3/t12-,14?/m0/s1. The predicted octanol–water partition coefficient (Wildman–Crippen LogP) is 1.60. The Morgan fingerprint density at radius 3 is 2.95 bits per heavy atom.